The number of benzene rings is 2. The predicted octanol–water partition coefficient (Wildman–Crippen LogP) is 6.86. The molecule has 1 aliphatic carbocycles. The van der Waals surface area contributed by atoms with Gasteiger partial charge in [0, 0.05) is 24.2 Å². The van der Waals surface area contributed by atoms with Gasteiger partial charge in [-0.05, 0) is 56.5 Å². The molecule has 0 saturated heterocycles. The van der Waals surface area contributed by atoms with E-state index in [0.29, 0.717) is 24.6 Å². The van der Waals surface area contributed by atoms with E-state index >= 15 is 0 Å². The molecule has 0 aromatic heterocycles. The van der Waals surface area contributed by atoms with Gasteiger partial charge in [0.15, 0.2) is 0 Å². The zero-order valence-electron chi connectivity index (χ0n) is 19.3. The van der Waals surface area contributed by atoms with Gasteiger partial charge in [-0.25, -0.2) is 4.79 Å². The molecular formula is C25H29F6N3O. The normalized spacial score (nSPS) is 15.7. The minimum absolute atomic E-state index is 0.0217. The molecular weight excluding hydrogens is 472 g/mol. The smallest absolute Gasteiger partial charge is 0.337 e. The number of anilines is 1. The highest BCUT2D eigenvalue weighted by atomic mass is 19.4. The molecule has 1 atom stereocenters. The maximum absolute atomic E-state index is 13.1. The fraction of sp³-hybridized carbons (Fsp3) is 0.480. The highest BCUT2D eigenvalue weighted by Crippen LogP contribution is 2.37. The monoisotopic (exact) mass is 501 g/mol. The van der Waals surface area contributed by atoms with Gasteiger partial charge in [-0.2, -0.15) is 26.3 Å². The van der Waals surface area contributed by atoms with Crippen LogP contribution >= 0.6 is 0 Å². The molecule has 0 radical (unpaired) electrons. The Kier molecular flexibility index (Phi) is 8.69. The number of amides is 2. The second-order valence-corrected chi connectivity index (χ2v) is 8.96. The number of halogens is 6. The third-order valence-electron chi connectivity index (χ3n) is 6.18. The van der Waals surface area contributed by atoms with Gasteiger partial charge in [0.2, 0.25) is 0 Å². The van der Waals surface area contributed by atoms with E-state index in [-0.39, 0.29) is 18.5 Å². The number of carbonyl (C=O) groups excluding carboxylic acids is 1. The standard InChI is InChI=1S/C25H29F6N3O/c1-16-6-8-17(9-7-16)18(10-11-32-21-4-2-3-5-21)15-33-23(35)34-22-13-19(24(26,27)28)12-20(14-22)25(29,30)31/h6-9,12-14,18,21,32H,2-5,10-11,15H2,1H3,(H2,33,34,35). The van der Waals surface area contributed by atoms with Crippen molar-refractivity contribution in [2.45, 2.75) is 63.3 Å². The first-order valence-electron chi connectivity index (χ1n) is 11.6. The average molecular weight is 502 g/mol. The Morgan fingerprint density at radius 1 is 0.943 bits per heavy atom. The third kappa shape index (κ3) is 8.16. The number of carbonyl (C=O) groups is 1. The van der Waals surface area contributed by atoms with E-state index in [0.717, 1.165) is 30.5 Å². The van der Waals surface area contributed by atoms with Crippen LogP contribution in [0, 0.1) is 6.92 Å². The van der Waals surface area contributed by atoms with E-state index in [1.165, 1.54) is 12.8 Å². The molecule has 1 saturated carbocycles. The van der Waals surface area contributed by atoms with Crippen LogP contribution in [0.5, 0.6) is 0 Å². The average Bonchev–Trinajstić information content (AvgIpc) is 3.29. The molecule has 0 aliphatic heterocycles. The molecule has 35 heavy (non-hydrogen) atoms. The molecule has 192 valence electrons. The zero-order chi connectivity index (χ0) is 25.6. The van der Waals surface area contributed by atoms with Gasteiger partial charge in [0.1, 0.15) is 0 Å². The van der Waals surface area contributed by atoms with E-state index < -0.39 is 35.2 Å². The first kappa shape index (κ1) is 26.8. The van der Waals surface area contributed by atoms with Gasteiger partial charge in [-0.1, -0.05) is 42.7 Å². The number of urea groups is 1. The maximum Gasteiger partial charge on any atom is 0.416 e. The Morgan fingerprint density at radius 3 is 2.06 bits per heavy atom. The Bertz CT molecular complexity index is 950. The van der Waals surface area contributed by atoms with Crippen molar-refractivity contribution >= 4 is 11.7 Å². The Balaban J connectivity index is 1.66. The molecule has 0 heterocycles. The third-order valence-corrected chi connectivity index (χ3v) is 6.18. The molecule has 2 amide bonds. The van der Waals surface area contributed by atoms with Crippen LogP contribution in [0.2, 0.25) is 0 Å². The molecule has 1 aliphatic rings. The first-order chi connectivity index (χ1) is 16.4. The van der Waals surface area contributed by atoms with Crippen LogP contribution in [-0.4, -0.2) is 25.2 Å². The zero-order valence-corrected chi connectivity index (χ0v) is 19.3. The molecule has 3 rings (SSSR count). The van der Waals surface area contributed by atoms with Crippen molar-refractivity contribution in [3.8, 4) is 0 Å². The van der Waals surface area contributed by atoms with Gasteiger partial charge < -0.3 is 16.0 Å². The van der Waals surface area contributed by atoms with Gasteiger partial charge >= 0.3 is 18.4 Å². The highest BCUT2D eigenvalue weighted by molar-refractivity contribution is 5.89. The first-order valence-corrected chi connectivity index (χ1v) is 11.6. The Morgan fingerprint density at radius 2 is 1.51 bits per heavy atom. The fourth-order valence-corrected chi connectivity index (χ4v) is 4.24. The number of alkyl halides is 6. The summed E-state index contributed by atoms with van der Waals surface area (Å²) in [7, 11) is 0. The summed E-state index contributed by atoms with van der Waals surface area (Å²) in [6.07, 6.45) is -4.60. The number of rotatable bonds is 8. The maximum atomic E-state index is 13.1. The lowest BCUT2D eigenvalue weighted by Crippen LogP contribution is -2.34. The number of hydrogen-bond donors (Lipinski definition) is 3. The van der Waals surface area contributed by atoms with Crippen LogP contribution in [0.1, 0.15) is 60.3 Å². The van der Waals surface area contributed by atoms with Crippen LogP contribution in [-0.2, 0) is 12.4 Å². The van der Waals surface area contributed by atoms with E-state index in [4.69, 9.17) is 0 Å². The molecule has 0 spiro atoms. The Labute approximate surface area is 200 Å². The summed E-state index contributed by atoms with van der Waals surface area (Å²) in [6, 6.07) is 8.41. The lowest BCUT2D eigenvalue weighted by molar-refractivity contribution is -0.143. The molecule has 4 nitrogen and oxygen atoms in total. The lowest BCUT2D eigenvalue weighted by atomic mass is 9.94. The van der Waals surface area contributed by atoms with Crippen molar-refractivity contribution < 1.29 is 31.1 Å². The quantitative estimate of drug-likeness (QED) is 0.346. The summed E-state index contributed by atoms with van der Waals surface area (Å²) < 4.78 is 78.4. The van der Waals surface area contributed by atoms with Crippen molar-refractivity contribution in [3.05, 3.63) is 64.7 Å². The number of nitrogens with one attached hydrogen (secondary N) is 3. The molecule has 2 aromatic carbocycles. The summed E-state index contributed by atoms with van der Waals surface area (Å²) >= 11 is 0. The molecule has 2 aromatic rings. The summed E-state index contributed by atoms with van der Waals surface area (Å²) in [5, 5.41) is 8.24. The van der Waals surface area contributed by atoms with E-state index in [2.05, 4.69) is 16.0 Å². The topological polar surface area (TPSA) is 53.2 Å². The number of hydrogen-bond acceptors (Lipinski definition) is 2. The Hall–Kier alpha value is -2.75. The summed E-state index contributed by atoms with van der Waals surface area (Å²) in [4.78, 5) is 12.4. The SMILES string of the molecule is Cc1ccc(C(CCNC2CCCC2)CNC(=O)Nc2cc(C(F)(F)F)cc(C(F)(F)F)c2)cc1. The molecule has 3 N–H and O–H groups in total. The molecule has 1 unspecified atom stereocenters. The van der Waals surface area contributed by atoms with Crippen molar-refractivity contribution in [1.82, 2.24) is 10.6 Å². The second kappa shape index (κ2) is 11.3. The van der Waals surface area contributed by atoms with Gasteiger partial charge in [0.05, 0.1) is 11.1 Å². The fourth-order valence-electron chi connectivity index (χ4n) is 4.24. The van der Waals surface area contributed by atoms with E-state index in [1.807, 2.05) is 31.2 Å². The minimum Gasteiger partial charge on any atom is -0.337 e. The van der Waals surface area contributed by atoms with Crippen molar-refractivity contribution in [2.24, 2.45) is 0 Å². The van der Waals surface area contributed by atoms with E-state index in [9.17, 15) is 31.1 Å². The highest BCUT2D eigenvalue weighted by Gasteiger charge is 2.37. The molecule has 1 fully saturated rings. The van der Waals surface area contributed by atoms with Crippen LogP contribution in [0.15, 0.2) is 42.5 Å². The molecule has 10 heteroatoms. The van der Waals surface area contributed by atoms with Crippen molar-refractivity contribution in [3.63, 3.8) is 0 Å². The summed E-state index contributed by atoms with van der Waals surface area (Å²) in [6.45, 7) is 2.86. The van der Waals surface area contributed by atoms with Crippen molar-refractivity contribution in [2.75, 3.05) is 18.4 Å². The predicted molar refractivity (Wildman–Crippen MR) is 122 cm³/mol. The minimum atomic E-state index is -4.99. The van der Waals surface area contributed by atoms with E-state index in [1.54, 1.807) is 0 Å². The van der Waals surface area contributed by atoms with Crippen LogP contribution in [0.4, 0.5) is 36.8 Å². The second-order valence-electron chi connectivity index (χ2n) is 8.96. The van der Waals surface area contributed by atoms with Crippen LogP contribution < -0.4 is 16.0 Å². The lowest BCUT2D eigenvalue weighted by Gasteiger charge is -2.21. The number of aryl methyl sites for hydroxylation is 1. The largest absolute Gasteiger partial charge is 0.416 e. The van der Waals surface area contributed by atoms with Gasteiger partial charge in [-0.15, -0.1) is 0 Å². The summed E-state index contributed by atoms with van der Waals surface area (Å²) in [5.74, 6) is -0.0810. The van der Waals surface area contributed by atoms with Gasteiger partial charge in [-0.3, -0.25) is 0 Å². The van der Waals surface area contributed by atoms with Crippen LogP contribution in [0.25, 0.3) is 0 Å². The molecule has 0 bridgehead atoms. The van der Waals surface area contributed by atoms with Gasteiger partial charge in [0.25, 0.3) is 0 Å². The summed E-state index contributed by atoms with van der Waals surface area (Å²) in [5.41, 5.74) is -1.49. The van der Waals surface area contributed by atoms with Crippen LogP contribution in [0.3, 0.4) is 0 Å². The van der Waals surface area contributed by atoms with Crippen molar-refractivity contribution in [1.29, 1.82) is 0 Å².